The third kappa shape index (κ3) is 2.36. The van der Waals surface area contributed by atoms with Gasteiger partial charge in [0.25, 0.3) is 0 Å². The highest BCUT2D eigenvalue weighted by Gasteiger charge is 2.13. The van der Waals surface area contributed by atoms with Gasteiger partial charge in [0, 0.05) is 17.0 Å². The number of fused-ring (bicyclic) bond motifs is 1. The highest BCUT2D eigenvalue weighted by molar-refractivity contribution is 6.03. The van der Waals surface area contributed by atoms with Crippen LogP contribution in [0.2, 0.25) is 0 Å². The van der Waals surface area contributed by atoms with Crippen molar-refractivity contribution in [1.29, 1.82) is 0 Å². The molecule has 0 atom stereocenters. The van der Waals surface area contributed by atoms with E-state index < -0.39 is 5.97 Å². The molecule has 0 radical (unpaired) electrons. The van der Waals surface area contributed by atoms with Crippen molar-refractivity contribution in [3.05, 3.63) is 54.1 Å². The number of hydrogen-bond donors (Lipinski definition) is 3. The number of para-hydroxylation sites is 1. The Labute approximate surface area is 119 Å². The first-order chi connectivity index (χ1) is 10.0. The van der Waals surface area contributed by atoms with Gasteiger partial charge >= 0.3 is 5.97 Å². The van der Waals surface area contributed by atoms with Gasteiger partial charge in [-0.2, -0.15) is 0 Å². The molecular formula is C16H11NO4. The van der Waals surface area contributed by atoms with E-state index in [0.29, 0.717) is 22.2 Å². The lowest BCUT2D eigenvalue weighted by atomic mass is 10.0. The van der Waals surface area contributed by atoms with Crippen molar-refractivity contribution in [2.45, 2.75) is 0 Å². The summed E-state index contributed by atoms with van der Waals surface area (Å²) in [5.41, 5.74) is 1.48. The van der Waals surface area contributed by atoms with Crippen molar-refractivity contribution < 1.29 is 20.1 Å². The normalized spacial score (nSPS) is 10.7. The van der Waals surface area contributed by atoms with E-state index in [0.717, 1.165) is 0 Å². The topological polar surface area (TPSA) is 90.7 Å². The first-order valence-electron chi connectivity index (χ1n) is 6.21. The van der Waals surface area contributed by atoms with Gasteiger partial charge in [-0.15, -0.1) is 0 Å². The molecule has 0 saturated heterocycles. The van der Waals surface area contributed by atoms with Crippen LogP contribution in [0.3, 0.4) is 0 Å². The first kappa shape index (κ1) is 12.9. The van der Waals surface area contributed by atoms with E-state index in [1.807, 2.05) is 0 Å². The second-order valence-corrected chi connectivity index (χ2v) is 4.62. The maximum atomic E-state index is 11.4. The summed E-state index contributed by atoms with van der Waals surface area (Å²) in [4.78, 5) is 15.8. The predicted octanol–water partition coefficient (Wildman–Crippen LogP) is 3.01. The van der Waals surface area contributed by atoms with E-state index in [1.54, 1.807) is 24.3 Å². The molecule has 3 N–H and O–H groups in total. The first-order valence-corrected chi connectivity index (χ1v) is 6.21. The summed E-state index contributed by atoms with van der Waals surface area (Å²) < 4.78 is 0. The van der Waals surface area contributed by atoms with Gasteiger partial charge in [0.1, 0.15) is 11.5 Å². The predicted molar refractivity (Wildman–Crippen MR) is 77.5 cm³/mol. The average Bonchev–Trinajstić information content (AvgIpc) is 2.45. The van der Waals surface area contributed by atoms with Crippen molar-refractivity contribution in [3.8, 4) is 22.8 Å². The summed E-state index contributed by atoms with van der Waals surface area (Å²) in [5, 5.41) is 29.0. The monoisotopic (exact) mass is 281 g/mol. The second-order valence-electron chi connectivity index (χ2n) is 4.62. The molecule has 3 aromatic rings. The summed E-state index contributed by atoms with van der Waals surface area (Å²) in [6, 6.07) is 12.4. The number of rotatable bonds is 2. The number of aromatic hydroxyl groups is 2. The van der Waals surface area contributed by atoms with Crippen molar-refractivity contribution in [3.63, 3.8) is 0 Å². The molecule has 1 aromatic heterocycles. The molecule has 1 heterocycles. The van der Waals surface area contributed by atoms with E-state index in [-0.39, 0.29) is 17.1 Å². The molecule has 3 rings (SSSR count). The molecule has 5 heteroatoms. The number of nitrogens with zero attached hydrogens (tertiary/aromatic N) is 1. The Hall–Kier alpha value is -3.08. The van der Waals surface area contributed by atoms with E-state index >= 15 is 0 Å². The van der Waals surface area contributed by atoms with Gasteiger partial charge in [-0.3, -0.25) is 0 Å². The number of hydrogen-bond acceptors (Lipinski definition) is 4. The summed E-state index contributed by atoms with van der Waals surface area (Å²) in [5.74, 6) is -1.28. The molecular weight excluding hydrogens is 270 g/mol. The molecule has 0 unspecified atom stereocenters. The maximum Gasteiger partial charge on any atom is 0.336 e. The van der Waals surface area contributed by atoms with Gasteiger partial charge in [-0.25, -0.2) is 9.78 Å². The van der Waals surface area contributed by atoms with E-state index in [4.69, 9.17) is 0 Å². The largest absolute Gasteiger partial charge is 0.508 e. The second kappa shape index (κ2) is 4.79. The quantitative estimate of drug-likeness (QED) is 0.671. The third-order valence-corrected chi connectivity index (χ3v) is 3.14. The van der Waals surface area contributed by atoms with Crippen LogP contribution in [0.4, 0.5) is 0 Å². The van der Waals surface area contributed by atoms with E-state index in [1.165, 1.54) is 24.3 Å². The van der Waals surface area contributed by atoms with Crippen molar-refractivity contribution in [1.82, 2.24) is 4.98 Å². The molecule has 0 aliphatic rings. The van der Waals surface area contributed by atoms with Crippen LogP contribution in [0.1, 0.15) is 10.4 Å². The van der Waals surface area contributed by atoms with Crippen molar-refractivity contribution in [2.75, 3.05) is 0 Å². The molecule has 0 aliphatic heterocycles. The molecule has 104 valence electrons. The summed E-state index contributed by atoms with van der Waals surface area (Å²) in [7, 11) is 0. The number of carbonyl (C=O) groups is 1. The van der Waals surface area contributed by atoms with Gasteiger partial charge in [-0.1, -0.05) is 18.2 Å². The number of carboxylic acids is 1. The lowest BCUT2D eigenvalue weighted by Gasteiger charge is -2.08. The number of pyridine rings is 1. The smallest absolute Gasteiger partial charge is 0.336 e. The van der Waals surface area contributed by atoms with Crippen molar-refractivity contribution in [2.24, 2.45) is 0 Å². The fourth-order valence-corrected chi connectivity index (χ4v) is 2.24. The molecule has 0 fully saturated rings. The number of aromatic nitrogens is 1. The molecule has 5 nitrogen and oxygen atoms in total. The molecule has 0 bridgehead atoms. The lowest BCUT2D eigenvalue weighted by Crippen LogP contribution is -2.00. The number of carboxylic acid groups (broad SMARTS) is 1. The fraction of sp³-hybridized carbons (Fsp3) is 0. The molecule has 0 amide bonds. The van der Waals surface area contributed by atoms with Gasteiger partial charge in [0.05, 0.1) is 16.8 Å². The van der Waals surface area contributed by atoms with Gasteiger partial charge < -0.3 is 15.3 Å². The van der Waals surface area contributed by atoms with Gasteiger partial charge in [0.15, 0.2) is 0 Å². The summed E-state index contributed by atoms with van der Waals surface area (Å²) >= 11 is 0. The zero-order chi connectivity index (χ0) is 15.0. The molecule has 0 aliphatic carbocycles. The minimum absolute atomic E-state index is 0.114. The highest BCUT2D eigenvalue weighted by atomic mass is 16.4. The lowest BCUT2D eigenvalue weighted by molar-refractivity contribution is 0.0699. The summed E-state index contributed by atoms with van der Waals surface area (Å²) in [6.45, 7) is 0. The average molecular weight is 281 g/mol. The molecule has 21 heavy (non-hydrogen) atoms. The van der Waals surface area contributed by atoms with Crippen LogP contribution in [0, 0.1) is 0 Å². The Bertz CT molecular complexity index is 838. The Morgan fingerprint density at radius 2 is 1.62 bits per heavy atom. The maximum absolute atomic E-state index is 11.4. The number of benzene rings is 2. The Morgan fingerprint density at radius 3 is 2.29 bits per heavy atom. The minimum atomic E-state index is -1.06. The third-order valence-electron chi connectivity index (χ3n) is 3.14. The highest BCUT2D eigenvalue weighted by Crippen LogP contribution is 2.30. The van der Waals surface area contributed by atoms with Crippen LogP contribution in [0.15, 0.2) is 48.5 Å². The number of aromatic carboxylic acids is 1. The Morgan fingerprint density at radius 1 is 0.952 bits per heavy atom. The standard InChI is InChI=1S/C16H11NO4/c18-10-5-9(6-11(19)7-10)15-8-13(16(20)21)12-3-1-2-4-14(12)17-15/h1-8,18-19H,(H,20,21). The number of phenolic OH excluding ortho intramolecular Hbond substituents is 2. The minimum Gasteiger partial charge on any atom is -0.508 e. The van der Waals surface area contributed by atoms with Crippen LogP contribution in [0.25, 0.3) is 22.2 Å². The van der Waals surface area contributed by atoms with Gasteiger partial charge in [0.2, 0.25) is 0 Å². The van der Waals surface area contributed by atoms with Crippen LogP contribution in [-0.2, 0) is 0 Å². The Kier molecular flexibility index (Phi) is 2.95. The number of phenols is 2. The molecule has 2 aromatic carbocycles. The van der Waals surface area contributed by atoms with E-state index in [2.05, 4.69) is 4.98 Å². The summed E-state index contributed by atoms with van der Waals surface area (Å²) in [6.07, 6.45) is 0. The van der Waals surface area contributed by atoms with Crippen LogP contribution in [-0.4, -0.2) is 26.3 Å². The van der Waals surface area contributed by atoms with Crippen LogP contribution >= 0.6 is 0 Å². The SMILES string of the molecule is O=C(O)c1cc(-c2cc(O)cc(O)c2)nc2ccccc12. The zero-order valence-electron chi connectivity index (χ0n) is 10.8. The van der Waals surface area contributed by atoms with E-state index in [9.17, 15) is 20.1 Å². The molecule has 0 saturated carbocycles. The zero-order valence-corrected chi connectivity index (χ0v) is 10.8. The van der Waals surface area contributed by atoms with Crippen LogP contribution < -0.4 is 0 Å². The van der Waals surface area contributed by atoms with Crippen LogP contribution in [0.5, 0.6) is 11.5 Å². The van der Waals surface area contributed by atoms with Gasteiger partial charge in [-0.05, 0) is 24.3 Å². The fourth-order valence-electron chi connectivity index (χ4n) is 2.24. The molecule has 0 spiro atoms. The Balaban J connectivity index is 2.30. The van der Waals surface area contributed by atoms with Crippen molar-refractivity contribution >= 4 is 16.9 Å².